The maximum absolute atomic E-state index is 4.76. The fourth-order valence-electron chi connectivity index (χ4n) is 2.96. The number of benzene rings is 3. The van der Waals surface area contributed by atoms with Gasteiger partial charge < -0.3 is 4.90 Å². The minimum Gasteiger partial charge on any atom is -0.324 e. The van der Waals surface area contributed by atoms with Gasteiger partial charge in [-0.2, -0.15) is 0 Å². The van der Waals surface area contributed by atoms with Crippen LogP contribution in [0, 0.1) is 0 Å². The highest BCUT2D eigenvalue weighted by molar-refractivity contribution is 6.17. The predicted octanol–water partition coefficient (Wildman–Crippen LogP) is 4.11. The Morgan fingerprint density at radius 3 is 2.43 bits per heavy atom. The largest absolute Gasteiger partial charge is 0.324 e. The van der Waals surface area contributed by atoms with Crippen molar-refractivity contribution < 1.29 is 0 Å². The Hall–Kier alpha value is -2.61. The van der Waals surface area contributed by atoms with E-state index < -0.39 is 0 Å². The highest BCUT2D eigenvalue weighted by atomic mass is 15.2. The van der Waals surface area contributed by atoms with E-state index in [2.05, 4.69) is 71.6 Å². The fraction of sp³-hybridized carbons (Fsp3) is 0.105. The first-order chi connectivity index (χ1) is 10.4. The maximum atomic E-state index is 4.76. The average molecular weight is 272 g/mol. The maximum Gasteiger partial charge on any atom is 0.136 e. The van der Waals surface area contributed by atoms with Crippen molar-refractivity contribution in [3.8, 4) is 0 Å². The number of fused-ring (bicyclic) bond motifs is 1. The van der Waals surface area contributed by atoms with Gasteiger partial charge in [0, 0.05) is 17.8 Å². The molecule has 0 aliphatic carbocycles. The van der Waals surface area contributed by atoms with Crippen LogP contribution in [0.1, 0.15) is 5.56 Å². The molecule has 0 aromatic heterocycles. The topological polar surface area (TPSA) is 15.6 Å². The zero-order chi connectivity index (χ0) is 14.1. The first-order valence-electron chi connectivity index (χ1n) is 7.29. The molecule has 1 aliphatic heterocycles. The van der Waals surface area contributed by atoms with Crippen LogP contribution in [0.25, 0.3) is 10.8 Å². The molecule has 0 atom stereocenters. The van der Waals surface area contributed by atoms with Crippen molar-refractivity contribution in [1.29, 1.82) is 0 Å². The molecule has 0 unspecified atom stereocenters. The van der Waals surface area contributed by atoms with Crippen LogP contribution in [0.5, 0.6) is 0 Å². The molecule has 0 radical (unpaired) electrons. The van der Waals surface area contributed by atoms with Gasteiger partial charge in [0.15, 0.2) is 0 Å². The van der Waals surface area contributed by atoms with Crippen LogP contribution in [0.2, 0.25) is 0 Å². The van der Waals surface area contributed by atoms with Gasteiger partial charge in [-0.3, -0.25) is 4.99 Å². The Morgan fingerprint density at radius 1 is 0.762 bits per heavy atom. The van der Waals surface area contributed by atoms with Crippen LogP contribution >= 0.6 is 0 Å². The number of hydrogen-bond acceptors (Lipinski definition) is 2. The van der Waals surface area contributed by atoms with E-state index >= 15 is 0 Å². The SMILES string of the molecule is c1ccc(N2CCN=C2c2cccc3ccccc23)cc1. The Labute approximate surface area is 124 Å². The van der Waals surface area contributed by atoms with Crippen LogP contribution in [0.4, 0.5) is 5.69 Å². The van der Waals surface area contributed by atoms with Crippen molar-refractivity contribution in [3.63, 3.8) is 0 Å². The summed E-state index contributed by atoms with van der Waals surface area (Å²) >= 11 is 0. The fourth-order valence-corrected chi connectivity index (χ4v) is 2.96. The number of anilines is 1. The quantitative estimate of drug-likeness (QED) is 0.685. The van der Waals surface area contributed by atoms with Gasteiger partial charge in [0.2, 0.25) is 0 Å². The number of amidine groups is 1. The van der Waals surface area contributed by atoms with Gasteiger partial charge in [0.25, 0.3) is 0 Å². The molecule has 0 spiro atoms. The van der Waals surface area contributed by atoms with Gasteiger partial charge >= 0.3 is 0 Å². The zero-order valence-corrected chi connectivity index (χ0v) is 11.7. The average Bonchev–Trinajstić information content (AvgIpc) is 3.04. The standard InChI is InChI=1S/C19H16N2/c1-2-9-16(10-3-1)21-14-13-20-19(21)18-12-6-8-15-7-4-5-11-17(15)18/h1-12H,13-14H2. The molecule has 3 aromatic rings. The summed E-state index contributed by atoms with van der Waals surface area (Å²) in [6.07, 6.45) is 0. The van der Waals surface area contributed by atoms with E-state index in [-0.39, 0.29) is 0 Å². The van der Waals surface area contributed by atoms with E-state index in [1.54, 1.807) is 0 Å². The molecular weight excluding hydrogens is 256 g/mol. The molecule has 0 fully saturated rings. The lowest BCUT2D eigenvalue weighted by Crippen LogP contribution is -2.28. The van der Waals surface area contributed by atoms with E-state index in [0.29, 0.717) is 0 Å². The molecule has 4 rings (SSSR count). The summed E-state index contributed by atoms with van der Waals surface area (Å²) in [6.45, 7) is 1.80. The molecule has 0 bridgehead atoms. The van der Waals surface area contributed by atoms with Gasteiger partial charge in [0.1, 0.15) is 5.84 Å². The summed E-state index contributed by atoms with van der Waals surface area (Å²) in [4.78, 5) is 7.06. The molecule has 2 heteroatoms. The second-order valence-corrected chi connectivity index (χ2v) is 5.22. The first kappa shape index (κ1) is 12.2. The van der Waals surface area contributed by atoms with Gasteiger partial charge in [-0.1, -0.05) is 60.7 Å². The number of aliphatic imine (C=N–C) groups is 1. The zero-order valence-electron chi connectivity index (χ0n) is 11.7. The van der Waals surface area contributed by atoms with Gasteiger partial charge in [-0.25, -0.2) is 0 Å². The summed E-state index contributed by atoms with van der Waals surface area (Å²) in [5, 5.41) is 2.53. The summed E-state index contributed by atoms with van der Waals surface area (Å²) < 4.78 is 0. The third-order valence-electron chi connectivity index (χ3n) is 3.94. The third kappa shape index (κ3) is 2.09. The van der Waals surface area contributed by atoms with Crippen LogP contribution in [0.15, 0.2) is 77.8 Å². The summed E-state index contributed by atoms with van der Waals surface area (Å²) in [5.74, 6) is 1.08. The van der Waals surface area contributed by atoms with Crippen LogP contribution in [-0.2, 0) is 0 Å². The molecule has 2 nitrogen and oxygen atoms in total. The van der Waals surface area contributed by atoms with Crippen molar-refractivity contribution in [2.24, 2.45) is 4.99 Å². The highest BCUT2D eigenvalue weighted by Crippen LogP contribution is 2.25. The third-order valence-corrected chi connectivity index (χ3v) is 3.94. The summed E-state index contributed by atoms with van der Waals surface area (Å²) in [5.41, 5.74) is 2.43. The van der Waals surface area contributed by atoms with Crippen LogP contribution in [-0.4, -0.2) is 18.9 Å². The van der Waals surface area contributed by atoms with Crippen molar-refractivity contribution >= 4 is 22.3 Å². The smallest absolute Gasteiger partial charge is 0.136 e. The van der Waals surface area contributed by atoms with Gasteiger partial charge in [0.05, 0.1) is 6.54 Å². The minimum absolute atomic E-state index is 0.855. The van der Waals surface area contributed by atoms with Gasteiger partial charge in [-0.05, 0) is 22.9 Å². The molecule has 1 aliphatic rings. The van der Waals surface area contributed by atoms with E-state index in [1.807, 2.05) is 6.07 Å². The molecule has 0 N–H and O–H groups in total. The minimum atomic E-state index is 0.855. The molecular formula is C19H16N2. The number of para-hydroxylation sites is 1. The van der Waals surface area contributed by atoms with E-state index in [1.165, 1.54) is 22.0 Å². The second-order valence-electron chi connectivity index (χ2n) is 5.22. The monoisotopic (exact) mass is 272 g/mol. The van der Waals surface area contributed by atoms with Crippen molar-refractivity contribution in [1.82, 2.24) is 0 Å². The molecule has 0 saturated heterocycles. The molecule has 3 aromatic carbocycles. The van der Waals surface area contributed by atoms with E-state index in [0.717, 1.165) is 18.9 Å². The number of nitrogens with zero attached hydrogens (tertiary/aromatic N) is 2. The lowest BCUT2D eigenvalue weighted by Gasteiger charge is -2.21. The Kier molecular flexibility index (Phi) is 2.93. The normalized spacial score (nSPS) is 14.5. The lowest BCUT2D eigenvalue weighted by atomic mass is 10.0. The number of hydrogen-bond donors (Lipinski definition) is 0. The lowest BCUT2D eigenvalue weighted by molar-refractivity contribution is 1.02. The van der Waals surface area contributed by atoms with Crippen LogP contribution in [0.3, 0.4) is 0 Å². The van der Waals surface area contributed by atoms with Crippen LogP contribution < -0.4 is 4.90 Å². The summed E-state index contributed by atoms with van der Waals surface area (Å²) in [7, 11) is 0. The molecule has 1 heterocycles. The molecule has 21 heavy (non-hydrogen) atoms. The number of rotatable bonds is 2. The Morgan fingerprint density at radius 2 is 1.52 bits per heavy atom. The Balaban J connectivity index is 1.85. The highest BCUT2D eigenvalue weighted by Gasteiger charge is 2.21. The van der Waals surface area contributed by atoms with Crippen molar-refractivity contribution in [3.05, 3.63) is 78.4 Å². The van der Waals surface area contributed by atoms with Gasteiger partial charge in [-0.15, -0.1) is 0 Å². The van der Waals surface area contributed by atoms with Crippen molar-refractivity contribution in [2.45, 2.75) is 0 Å². The predicted molar refractivity (Wildman–Crippen MR) is 89.1 cm³/mol. The molecule has 0 saturated carbocycles. The van der Waals surface area contributed by atoms with Crippen molar-refractivity contribution in [2.75, 3.05) is 18.0 Å². The molecule has 102 valence electrons. The second kappa shape index (κ2) is 5.06. The Bertz CT molecular complexity index is 801. The summed E-state index contributed by atoms with van der Waals surface area (Å²) in [6, 6.07) is 25.4. The first-order valence-corrected chi connectivity index (χ1v) is 7.29. The van der Waals surface area contributed by atoms with E-state index in [4.69, 9.17) is 4.99 Å². The molecule has 0 amide bonds. The van der Waals surface area contributed by atoms with E-state index in [9.17, 15) is 0 Å².